The number of anilines is 1. The summed E-state index contributed by atoms with van der Waals surface area (Å²) in [5.74, 6) is 2.18. The predicted molar refractivity (Wildman–Crippen MR) is 98.8 cm³/mol. The largest absolute Gasteiger partial charge is 0.449 e. The van der Waals surface area contributed by atoms with Gasteiger partial charge < -0.3 is 14.6 Å². The van der Waals surface area contributed by atoms with Crippen molar-refractivity contribution in [3.8, 4) is 0 Å². The number of nitrogens with zero attached hydrogens (tertiary/aromatic N) is 1. The van der Waals surface area contributed by atoms with Crippen LogP contribution in [-0.4, -0.2) is 34.6 Å². The second-order valence-corrected chi connectivity index (χ2v) is 8.28. The third-order valence-corrected chi connectivity index (χ3v) is 6.68. The fourth-order valence-electron chi connectivity index (χ4n) is 2.26. The Balaban J connectivity index is 1.56. The van der Waals surface area contributed by atoms with Gasteiger partial charge in [-0.15, -0.1) is 23.5 Å². The lowest BCUT2D eigenvalue weighted by molar-refractivity contribution is -0.123. The highest BCUT2D eigenvalue weighted by Gasteiger charge is 2.21. The van der Waals surface area contributed by atoms with Crippen LogP contribution in [0.25, 0.3) is 0 Å². The SMILES string of the molecule is Cc1cc(NC(=O)[C@H](C)OC(=O)c2ccc(C3SCCS3)cc2)no1. The number of amides is 1. The van der Waals surface area contributed by atoms with E-state index < -0.39 is 18.0 Å². The van der Waals surface area contributed by atoms with E-state index in [2.05, 4.69) is 10.5 Å². The summed E-state index contributed by atoms with van der Waals surface area (Å²) < 4.78 is 10.5. The predicted octanol–water partition coefficient (Wildman–Crippen LogP) is 3.65. The van der Waals surface area contributed by atoms with Gasteiger partial charge in [0.15, 0.2) is 11.9 Å². The van der Waals surface area contributed by atoms with Crippen LogP contribution in [0, 0.1) is 6.92 Å². The smallest absolute Gasteiger partial charge is 0.338 e. The topological polar surface area (TPSA) is 81.4 Å². The Labute approximate surface area is 154 Å². The summed E-state index contributed by atoms with van der Waals surface area (Å²) in [6, 6.07) is 8.95. The fraction of sp³-hybridized carbons (Fsp3) is 0.353. The highest BCUT2D eigenvalue weighted by Crippen LogP contribution is 2.45. The summed E-state index contributed by atoms with van der Waals surface area (Å²) in [7, 11) is 0. The van der Waals surface area contributed by atoms with Gasteiger partial charge in [-0.25, -0.2) is 4.79 Å². The summed E-state index contributed by atoms with van der Waals surface area (Å²) in [5, 5.41) is 6.21. The Bertz CT molecular complexity index is 754. The first-order valence-electron chi connectivity index (χ1n) is 7.81. The molecule has 0 spiro atoms. The minimum absolute atomic E-state index is 0.293. The van der Waals surface area contributed by atoms with Crippen LogP contribution in [-0.2, 0) is 9.53 Å². The molecule has 1 aromatic heterocycles. The van der Waals surface area contributed by atoms with Gasteiger partial charge in [0, 0.05) is 17.6 Å². The van der Waals surface area contributed by atoms with Gasteiger partial charge in [-0.2, -0.15) is 0 Å². The van der Waals surface area contributed by atoms with Crippen LogP contribution in [0.4, 0.5) is 5.82 Å². The van der Waals surface area contributed by atoms with Gasteiger partial charge in [0.1, 0.15) is 5.76 Å². The van der Waals surface area contributed by atoms with Crippen molar-refractivity contribution < 1.29 is 18.8 Å². The van der Waals surface area contributed by atoms with Crippen molar-refractivity contribution in [2.45, 2.75) is 24.5 Å². The Morgan fingerprint density at radius 2 is 1.96 bits per heavy atom. The van der Waals surface area contributed by atoms with E-state index in [4.69, 9.17) is 9.26 Å². The van der Waals surface area contributed by atoms with E-state index in [9.17, 15) is 9.59 Å². The third kappa shape index (κ3) is 4.58. The van der Waals surface area contributed by atoms with E-state index in [0.29, 0.717) is 21.7 Å². The molecule has 1 aromatic carbocycles. The quantitative estimate of drug-likeness (QED) is 0.795. The number of ether oxygens (including phenoxy) is 1. The second kappa shape index (κ2) is 7.97. The van der Waals surface area contributed by atoms with Crippen LogP contribution < -0.4 is 5.32 Å². The molecule has 0 bridgehead atoms. The van der Waals surface area contributed by atoms with Gasteiger partial charge in [-0.3, -0.25) is 4.79 Å². The highest BCUT2D eigenvalue weighted by molar-refractivity contribution is 8.19. The molecule has 1 N–H and O–H groups in total. The molecule has 2 aromatic rings. The zero-order valence-electron chi connectivity index (χ0n) is 13.9. The molecule has 0 saturated carbocycles. The molecule has 25 heavy (non-hydrogen) atoms. The average Bonchev–Trinajstić information content (AvgIpc) is 3.27. The maximum Gasteiger partial charge on any atom is 0.338 e. The first kappa shape index (κ1) is 17.9. The second-order valence-electron chi connectivity index (χ2n) is 5.56. The molecule has 1 fully saturated rings. The molecule has 132 valence electrons. The summed E-state index contributed by atoms with van der Waals surface area (Å²) >= 11 is 3.81. The number of carbonyl (C=O) groups is 2. The summed E-state index contributed by atoms with van der Waals surface area (Å²) in [5.41, 5.74) is 1.62. The van der Waals surface area contributed by atoms with Crippen LogP contribution in [0.5, 0.6) is 0 Å². The lowest BCUT2D eigenvalue weighted by atomic mass is 10.1. The number of aryl methyl sites for hydroxylation is 1. The summed E-state index contributed by atoms with van der Waals surface area (Å²) in [6.45, 7) is 3.23. The molecular formula is C17H18N2O4S2. The van der Waals surface area contributed by atoms with Crippen molar-refractivity contribution in [2.24, 2.45) is 0 Å². The van der Waals surface area contributed by atoms with Crippen molar-refractivity contribution in [1.29, 1.82) is 0 Å². The lowest BCUT2D eigenvalue weighted by Crippen LogP contribution is -2.30. The van der Waals surface area contributed by atoms with Crippen molar-refractivity contribution >= 4 is 41.2 Å². The standard InChI is InChI=1S/C17H18N2O4S2/c1-10-9-14(19-23-10)18-15(20)11(2)22-16(21)12-3-5-13(6-4-12)17-24-7-8-25-17/h3-6,9,11,17H,7-8H2,1-2H3,(H,18,19,20)/t11-/m0/s1. The molecule has 1 atom stereocenters. The number of aromatic nitrogens is 1. The monoisotopic (exact) mass is 378 g/mol. The minimum Gasteiger partial charge on any atom is -0.449 e. The Hall–Kier alpha value is -1.93. The van der Waals surface area contributed by atoms with Crippen molar-refractivity contribution in [3.05, 3.63) is 47.2 Å². The van der Waals surface area contributed by atoms with Crippen molar-refractivity contribution in [1.82, 2.24) is 5.16 Å². The first-order valence-corrected chi connectivity index (χ1v) is 9.91. The van der Waals surface area contributed by atoms with Gasteiger partial charge >= 0.3 is 5.97 Å². The molecule has 0 unspecified atom stereocenters. The number of hydrogen-bond donors (Lipinski definition) is 1. The number of thioether (sulfide) groups is 2. The van der Waals surface area contributed by atoms with Gasteiger partial charge in [0.05, 0.1) is 10.1 Å². The van der Waals surface area contributed by atoms with Gasteiger partial charge in [0.2, 0.25) is 0 Å². The molecule has 1 aliphatic heterocycles. The maximum atomic E-state index is 12.2. The number of hydrogen-bond acceptors (Lipinski definition) is 7. The van der Waals surface area contributed by atoms with Gasteiger partial charge in [-0.1, -0.05) is 17.3 Å². The first-order chi connectivity index (χ1) is 12.0. The van der Waals surface area contributed by atoms with Crippen molar-refractivity contribution in [3.63, 3.8) is 0 Å². The zero-order valence-corrected chi connectivity index (χ0v) is 15.5. The van der Waals surface area contributed by atoms with Crippen molar-refractivity contribution in [2.75, 3.05) is 16.8 Å². The molecule has 8 heteroatoms. The lowest BCUT2D eigenvalue weighted by Gasteiger charge is -2.13. The van der Waals surface area contributed by atoms with Crippen LogP contribution in [0.1, 0.15) is 33.2 Å². The summed E-state index contributed by atoms with van der Waals surface area (Å²) in [4.78, 5) is 24.2. The van der Waals surface area contributed by atoms with Crippen LogP contribution in [0.2, 0.25) is 0 Å². The Kier molecular flexibility index (Phi) is 5.70. The highest BCUT2D eigenvalue weighted by atomic mass is 32.2. The van der Waals surface area contributed by atoms with E-state index in [1.807, 2.05) is 35.7 Å². The van der Waals surface area contributed by atoms with Gasteiger partial charge in [-0.05, 0) is 31.5 Å². The van der Waals surface area contributed by atoms with E-state index in [-0.39, 0.29) is 0 Å². The van der Waals surface area contributed by atoms with Crippen LogP contribution in [0.3, 0.4) is 0 Å². The number of esters is 1. The number of benzene rings is 1. The molecular weight excluding hydrogens is 360 g/mol. The number of rotatable bonds is 5. The van der Waals surface area contributed by atoms with E-state index in [1.165, 1.54) is 12.5 Å². The fourth-order valence-corrected chi connectivity index (χ4v) is 5.12. The maximum absolute atomic E-state index is 12.2. The number of nitrogens with one attached hydrogen (secondary N) is 1. The van der Waals surface area contributed by atoms with Crippen LogP contribution in [0.15, 0.2) is 34.9 Å². The molecule has 1 saturated heterocycles. The molecule has 6 nitrogen and oxygen atoms in total. The Morgan fingerprint density at radius 3 is 2.56 bits per heavy atom. The number of carbonyl (C=O) groups excluding carboxylic acids is 2. The van der Waals surface area contributed by atoms with Crippen LogP contribution >= 0.6 is 23.5 Å². The zero-order chi connectivity index (χ0) is 17.8. The normalized spacial score (nSPS) is 15.8. The van der Waals surface area contributed by atoms with E-state index in [0.717, 1.165) is 11.5 Å². The molecule has 2 heterocycles. The molecule has 1 aliphatic rings. The Morgan fingerprint density at radius 1 is 1.28 bits per heavy atom. The minimum atomic E-state index is -0.940. The molecule has 0 aliphatic carbocycles. The summed E-state index contributed by atoms with van der Waals surface area (Å²) in [6.07, 6.45) is -0.940. The van der Waals surface area contributed by atoms with E-state index in [1.54, 1.807) is 25.1 Å². The molecule has 0 radical (unpaired) electrons. The van der Waals surface area contributed by atoms with Gasteiger partial charge in [0.25, 0.3) is 5.91 Å². The van der Waals surface area contributed by atoms with E-state index >= 15 is 0 Å². The molecule has 3 rings (SSSR count). The average molecular weight is 378 g/mol. The molecule has 1 amide bonds. The third-order valence-electron chi connectivity index (χ3n) is 3.57.